The van der Waals surface area contributed by atoms with Crippen molar-refractivity contribution in [3.05, 3.63) is 36.2 Å². The standard InChI is InChI=1S/C19H24N4O3/c1-22(2)19(25)15-10-12-23(13-11-15)17(24)9-8-16-20-21-18(26-16)14-6-4-3-5-7-14/h3-7,15H,8-13H2,1-2H3. The first-order valence-electron chi connectivity index (χ1n) is 8.91. The molecule has 1 aliphatic heterocycles. The molecule has 2 aromatic rings. The van der Waals surface area contributed by atoms with Crippen molar-refractivity contribution in [1.29, 1.82) is 0 Å². The van der Waals surface area contributed by atoms with E-state index in [1.807, 2.05) is 35.2 Å². The third-order valence-electron chi connectivity index (χ3n) is 4.68. The van der Waals surface area contributed by atoms with E-state index in [0.717, 1.165) is 18.4 Å². The van der Waals surface area contributed by atoms with E-state index in [0.29, 0.717) is 37.7 Å². The Kier molecular flexibility index (Phi) is 5.65. The molecule has 0 N–H and O–H groups in total. The number of aryl methyl sites for hydroxylation is 1. The second-order valence-corrected chi connectivity index (χ2v) is 6.75. The number of nitrogens with zero attached hydrogens (tertiary/aromatic N) is 4. The van der Waals surface area contributed by atoms with E-state index in [1.165, 1.54) is 0 Å². The monoisotopic (exact) mass is 356 g/mol. The molecule has 0 aliphatic carbocycles. The molecule has 7 heteroatoms. The summed E-state index contributed by atoms with van der Waals surface area (Å²) in [5.41, 5.74) is 0.866. The Bertz CT molecular complexity index is 749. The molecule has 0 atom stereocenters. The van der Waals surface area contributed by atoms with Gasteiger partial charge >= 0.3 is 0 Å². The molecule has 3 rings (SSSR count). The van der Waals surface area contributed by atoms with Crippen molar-refractivity contribution >= 4 is 11.8 Å². The van der Waals surface area contributed by atoms with Crippen LogP contribution in [0.4, 0.5) is 0 Å². The average molecular weight is 356 g/mol. The summed E-state index contributed by atoms with van der Waals surface area (Å²) in [6.45, 7) is 1.25. The van der Waals surface area contributed by atoms with Crippen LogP contribution in [0.3, 0.4) is 0 Å². The highest BCUT2D eigenvalue weighted by Crippen LogP contribution is 2.21. The minimum absolute atomic E-state index is 0.0263. The van der Waals surface area contributed by atoms with Crippen molar-refractivity contribution in [2.24, 2.45) is 5.92 Å². The Labute approximate surface area is 153 Å². The van der Waals surface area contributed by atoms with Crippen molar-refractivity contribution in [1.82, 2.24) is 20.0 Å². The van der Waals surface area contributed by atoms with E-state index in [4.69, 9.17) is 4.42 Å². The Hall–Kier alpha value is -2.70. The first-order valence-corrected chi connectivity index (χ1v) is 8.91. The van der Waals surface area contributed by atoms with Crippen molar-refractivity contribution in [3.8, 4) is 11.5 Å². The van der Waals surface area contributed by atoms with Crippen molar-refractivity contribution < 1.29 is 14.0 Å². The van der Waals surface area contributed by atoms with Gasteiger partial charge in [0.25, 0.3) is 0 Å². The van der Waals surface area contributed by atoms with Crippen molar-refractivity contribution in [2.75, 3.05) is 27.2 Å². The number of piperidine rings is 1. The second kappa shape index (κ2) is 8.12. The largest absolute Gasteiger partial charge is 0.421 e. The molecular weight excluding hydrogens is 332 g/mol. The van der Waals surface area contributed by atoms with Crippen LogP contribution in [0, 0.1) is 5.92 Å². The fourth-order valence-corrected chi connectivity index (χ4v) is 3.16. The molecule has 1 fully saturated rings. The Morgan fingerprint density at radius 1 is 1.15 bits per heavy atom. The lowest BCUT2D eigenvalue weighted by Crippen LogP contribution is -2.42. The molecule has 0 saturated carbocycles. The summed E-state index contributed by atoms with van der Waals surface area (Å²) in [4.78, 5) is 27.9. The molecule has 2 heterocycles. The fourth-order valence-electron chi connectivity index (χ4n) is 3.16. The van der Waals surface area contributed by atoms with Crippen LogP contribution >= 0.6 is 0 Å². The van der Waals surface area contributed by atoms with Crippen LogP contribution in [0.15, 0.2) is 34.7 Å². The average Bonchev–Trinajstić information content (AvgIpc) is 3.15. The van der Waals surface area contributed by atoms with Gasteiger partial charge in [-0.2, -0.15) is 0 Å². The zero-order chi connectivity index (χ0) is 18.5. The van der Waals surface area contributed by atoms with E-state index < -0.39 is 0 Å². The Morgan fingerprint density at radius 2 is 1.85 bits per heavy atom. The molecule has 1 aliphatic rings. The van der Waals surface area contributed by atoms with Gasteiger partial charge in [0.1, 0.15) is 0 Å². The minimum Gasteiger partial charge on any atom is -0.421 e. The summed E-state index contributed by atoms with van der Waals surface area (Å²) in [6.07, 6.45) is 2.21. The lowest BCUT2D eigenvalue weighted by atomic mass is 9.95. The van der Waals surface area contributed by atoms with Gasteiger partial charge in [0.2, 0.25) is 23.6 Å². The summed E-state index contributed by atoms with van der Waals surface area (Å²) in [7, 11) is 3.54. The SMILES string of the molecule is CN(C)C(=O)C1CCN(C(=O)CCc2nnc(-c3ccccc3)o2)CC1. The normalized spacial score (nSPS) is 15.1. The molecule has 1 aromatic heterocycles. The van der Waals surface area contributed by atoms with Gasteiger partial charge < -0.3 is 14.2 Å². The van der Waals surface area contributed by atoms with Crippen molar-refractivity contribution in [3.63, 3.8) is 0 Å². The molecular formula is C19H24N4O3. The van der Waals surface area contributed by atoms with Gasteiger partial charge in [-0.25, -0.2) is 0 Å². The third-order valence-corrected chi connectivity index (χ3v) is 4.68. The van der Waals surface area contributed by atoms with Gasteiger partial charge in [0.15, 0.2) is 0 Å². The first-order chi connectivity index (χ1) is 12.5. The van der Waals surface area contributed by atoms with E-state index >= 15 is 0 Å². The molecule has 0 unspecified atom stereocenters. The van der Waals surface area contributed by atoms with Crippen LogP contribution in [-0.4, -0.2) is 59.0 Å². The van der Waals surface area contributed by atoms with Crippen LogP contribution < -0.4 is 0 Å². The smallest absolute Gasteiger partial charge is 0.247 e. The Balaban J connectivity index is 1.48. The van der Waals surface area contributed by atoms with Gasteiger partial charge in [-0.1, -0.05) is 18.2 Å². The van der Waals surface area contributed by atoms with Gasteiger partial charge in [-0.15, -0.1) is 10.2 Å². The first kappa shape index (κ1) is 18.1. The zero-order valence-electron chi connectivity index (χ0n) is 15.2. The fraction of sp³-hybridized carbons (Fsp3) is 0.474. The highest BCUT2D eigenvalue weighted by atomic mass is 16.4. The van der Waals surface area contributed by atoms with Gasteiger partial charge in [0.05, 0.1) is 0 Å². The van der Waals surface area contributed by atoms with E-state index in [9.17, 15) is 9.59 Å². The maximum absolute atomic E-state index is 12.4. The van der Waals surface area contributed by atoms with E-state index in [-0.39, 0.29) is 17.7 Å². The van der Waals surface area contributed by atoms with Crippen LogP contribution in [-0.2, 0) is 16.0 Å². The number of benzene rings is 1. The van der Waals surface area contributed by atoms with Crippen LogP contribution in [0.25, 0.3) is 11.5 Å². The third kappa shape index (κ3) is 4.28. The maximum Gasteiger partial charge on any atom is 0.247 e. The summed E-state index contributed by atoms with van der Waals surface area (Å²) in [6, 6.07) is 9.55. The van der Waals surface area contributed by atoms with E-state index in [1.54, 1.807) is 19.0 Å². The number of amides is 2. The van der Waals surface area contributed by atoms with Crippen LogP contribution in [0.1, 0.15) is 25.2 Å². The number of rotatable bonds is 5. The number of aromatic nitrogens is 2. The molecule has 138 valence electrons. The second-order valence-electron chi connectivity index (χ2n) is 6.75. The topological polar surface area (TPSA) is 79.5 Å². The summed E-state index contributed by atoms with van der Waals surface area (Å²) in [5.74, 6) is 1.18. The summed E-state index contributed by atoms with van der Waals surface area (Å²) >= 11 is 0. The van der Waals surface area contributed by atoms with Gasteiger partial charge in [0, 0.05) is 51.5 Å². The highest BCUT2D eigenvalue weighted by Gasteiger charge is 2.28. The molecule has 0 radical (unpaired) electrons. The predicted octanol–water partition coefficient (Wildman–Crippen LogP) is 2.00. The molecule has 26 heavy (non-hydrogen) atoms. The summed E-state index contributed by atoms with van der Waals surface area (Å²) in [5, 5.41) is 8.07. The van der Waals surface area contributed by atoms with Crippen molar-refractivity contribution in [2.45, 2.75) is 25.7 Å². The molecule has 1 aromatic carbocycles. The van der Waals surface area contributed by atoms with E-state index in [2.05, 4.69) is 10.2 Å². The zero-order valence-corrected chi connectivity index (χ0v) is 15.2. The molecule has 0 spiro atoms. The van der Waals surface area contributed by atoms with Gasteiger partial charge in [-0.3, -0.25) is 9.59 Å². The molecule has 1 saturated heterocycles. The number of carbonyl (C=O) groups is 2. The lowest BCUT2D eigenvalue weighted by Gasteiger charge is -2.32. The molecule has 7 nitrogen and oxygen atoms in total. The predicted molar refractivity (Wildman–Crippen MR) is 96.1 cm³/mol. The maximum atomic E-state index is 12.4. The number of hydrogen-bond donors (Lipinski definition) is 0. The number of hydrogen-bond acceptors (Lipinski definition) is 5. The van der Waals surface area contributed by atoms with Gasteiger partial charge in [-0.05, 0) is 25.0 Å². The molecule has 2 amide bonds. The lowest BCUT2D eigenvalue weighted by molar-refractivity contribution is -0.139. The number of carbonyl (C=O) groups excluding carboxylic acids is 2. The minimum atomic E-state index is 0.0263. The summed E-state index contributed by atoms with van der Waals surface area (Å²) < 4.78 is 5.64. The molecule has 0 bridgehead atoms. The quantitative estimate of drug-likeness (QED) is 0.819. The highest BCUT2D eigenvalue weighted by molar-refractivity contribution is 5.79. The number of likely N-dealkylation sites (tertiary alicyclic amines) is 1. The van der Waals surface area contributed by atoms with Crippen LogP contribution in [0.2, 0.25) is 0 Å². The Morgan fingerprint density at radius 3 is 2.50 bits per heavy atom. The van der Waals surface area contributed by atoms with Crippen LogP contribution in [0.5, 0.6) is 0 Å².